The molecule has 5 nitrogen and oxygen atoms in total. The van der Waals surface area contributed by atoms with Crippen LogP contribution in [-0.4, -0.2) is 24.9 Å². The van der Waals surface area contributed by atoms with Crippen molar-refractivity contribution in [1.82, 2.24) is 5.32 Å². The molecule has 26 heavy (non-hydrogen) atoms. The van der Waals surface area contributed by atoms with Gasteiger partial charge in [-0.3, -0.25) is 9.59 Å². The van der Waals surface area contributed by atoms with Gasteiger partial charge >= 0.3 is 0 Å². The summed E-state index contributed by atoms with van der Waals surface area (Å²) in [5.74, 6) is -0.259. The minimum atomic E-state index is -0.175. The summed E-state index contributed by atoms with van der Waals surface area (Å²) in [6, 6.07) is 12.4. The van der Waals surface area contributed by atoms with Crippen molar-refractivity contribution in [2.24, 2.45) is 0 Å². The summed E-state index contributed by atoms with van der Waals surface area (Å²) >= 11 is 6.05. The van der Waals surface area contributed by atoms with E-state index in [-0.39, 0.29) is 18.4 Å². The first-order valence-electron chi connectivity index (χ1n) is 8.67. The Morgan fingerprint density at radius 1 is 1.04 bits per heavy atom. The molecule has 0 aliphatic carbocycles. The van der Waals surface area contributed by atoms with Crippen LogP contribution in [0, 0.1) is 6.92 Å². The van der Waals surface area contributed by atoms with Gasteiger partial charge in [0.25, 0.3) is 5.91 Å². The smallest absolute Gasteiger partial charge is 0.251 e. The van der Waals surface area contributed by atoms with E-state index in [2.05, 4.69) is 22.9 Å². The standard InChI is InChI=1S/C20H24ClN3O2/c1-3-4-11-22-20(26)15-6-9-16(10-7-15)23-13-19(25)24-17-8-5-14(2)18(21)12-17/h5-10,12,23H,3-4,11,13H2,1-2H3,(H,22,26)(H,24,25). The largest absolute Gasteiger partial charge is 0.376 e. The fourth-order valence-corrected chi connectivity index (χ4v) is 2.46. The molecule has 0 fully saturated rings. The van der Waals surface area contributed by atoms with Gasteiger partial charge in [0.1, 0.15) is 0 Å². The van der Waals surface area contributed by atoms with Gasteiger partial charge in [0.05, 0.1) is 6.54 Å². The molecule has 0 bridgehead atoms. The van der Waals surface area contributed by atoms with Gasteiger partial charge in [-0.15, -0.1) is 0 Å². The van der Waals surface area contributed by atoms with Crippen molar-refractivity contribution in [2.75, 3.05) is 23.7 Å². The number of anilines is 2. The van der Waals surface area contributed by atoms with E-state index < -0.39 is 0 Å². The molecule has 138 valence electrons. The first-order valence-corrected chi connectivity index (χ1v) is 9.05. The van der Waals surface area contributed by atoms with Gasteiger partial charge in [-0.05, 0) is 55.3 Å². The van der Waals surface area contributed by atoms with Gasteiger partial charge in [0.15, 0.2) is 0 Å². The van der Waals surface area contributed by atoms with E-state index in [9.17, 15) is 9.59 Å². The highest BCUT2D eigenvalue weighted by atomic mass is 35.5. The summed E-state index contributed by atoms with van der Waals surface area (Å²) in [7, 11) is 0. The minimum Gasteiger partial charge on any atom is -0.376 e. The highest BCUT2D eigenvalue weighted by Crippen LogP contribution is 2.19. The van der Waals surface area contributed by atoms with Crippen molar-refractivity contribution in [3.05, 3.63) is 58.6 Å². The molecule has 0 heterocycles. The molecule has 0 spiro atoms. The van der Waals surface area contributed by atoms with E-state index in [0.29, 0.717) is 22.8 Å². The molecule has 2 rings (SSSR count). The van der Waals surface area contributed by atoms with Crippen molar-refractivity contribution in [3.63, 3.8) is 0 Å². The Balaban J connectivity index is 1.82. The lowest BCUT2D eigenvalue weighted by Gasteiger charge is -2.10. The second-order valence-electron chi connectivity index (χ2n) is 6.05. The molecule has 0 aromatic heterocycles. The van der Waals surface area contributed by atoms with Crippen LogP contribution in [0.5, 0.6) is 0 Å². The summed E-state index contributed by atoms with van der Waals surface area (Å²) in [5, 5.41) is 9.31. The zero-order chi connectivity index (χ0) is 18.9. The van der Waals surface area contributed by atoms with Crippen molar-refractivity contribution in [2.45, 2.75) is 26.7 Å². The molecule has 3 N–H and O–H groups in total. The zero-order valence-electron chi connectivity index (χ0n) is 15.1. The lowest BCUT2D eigenvalue weighted by molar-refractivity contribution is -0.114. The van der Waals surface area contributed by atoms with E-state index in [4.69, 9.17) is 11.6 Å². The van der Waals surface area contributed by atoms with Crippen LogP contribution >= 0.6 is 11.6 Å². The van der Waals surface area contributed by atoms with E-state index in [0.717, 1.165) is 24.1 Å². The first-order chi connectivity index (χ1) is 12.5. The maximum atomic E-state index is 12.0. The molecule has 0 unspecified atom stereocenters. The Labute approximate surface area is 159 Å². The normalized spacial score (nSPS) is 10.3. The van der Waals surface area contributed by atoms with Gasteiger partial charge in [0.2, 0.25) is 5.91 Å². The summed E-state index contributed by atoms with van der Waals surface area (Å²) in [6.45, 7) is 4.78. The second-order valence-corrected chi connectivity index (χ2v) is 6.46. The molecule has 6 heteroatoms. The number of hydrogen-bond donors (Lipinski definition) is 3. The van der Waals surface area contributed by atoms with Crippen molar-refractivity contribution < 1.29 is 9.59 Å². The van der Waals surface area contributed by atoms with Gasteiger partial charge in [0, 0.05) is 28.5 Å². The Kier molecular flexibility index (Phi) is 7.48. The Hall–Kier alpha value is -2.53. The summed E-state index contributed by atoms with van der Waals surface area (Å²) in [5.41, 5.74) is 2.99. The van der Waals surface area contributed by atoms with Gasteiger partial charge in [-0.2, -0.15) is 0 Å². The van der Waals surface area contributed by atoms with Crippen LogP contribution in [0.4, 0.5) is 11.4 Å². The summed E-state index contributed by atoms with van der Waals surface area (Å²) < 4.78 is 0. The number of halogens is 1. The Bertz CT molecular complexity index is 760. The molecule has 0 saturated carbocycles. The number of benzene rings is 2. The number of hydrogen-bond acceptors (Lipinski definition) is 3. The van der Waals surface area contributed by atoms with Crippen molar-refractivity contribution in [1.29, 1.82) is 0 Å². The average molecular weight is 374 g/mol. The third-order valence-corrected chi connectivity index (χ3v) is 4.28. The molecule has 0 aliphatic heterocycles. The lowest BCUT2D eigenvalue weighted by atomic mass is 10.2. The third kappa shape index (κ3) is 6.08. The fraction of sp³-hybridized carbons (Fsp3) is 0.300. The van der Waals surface area contributed by atoms with Crippen LogP contribution in [0.25, 0.3) is 0 Å². The highest BCUT2D eigenvalue weighted by Gasteiger charge is 2.06. The second kappa shape index (κ2) is 9.82. The maximum absolute atomic E-state index is 12.0. The molecule has 2 aromatic rings. The quantitative estimate of drug-likeness (QED) is 0.606. The predicted molar refractivity (Wildman–Crippen MR) is 107 cm³/mol. The van der Waals surface area contributed by atoms with Crippen molar-refractivity contribution in [3.8, 4) is 0 Å². The van der Waals surface area contributed by atoms with Gasteiger partial charge in [-0.1, -0.05) is 31.0 Å². The fourth-order valence-electron chi connectivity index (χ4n) is 2.28. The molecule has 0 saturated heterocycles. The number of aryl methyl sites for hydroxylation is 1. The van der Waals surface area contributed by atoms with Crippen LogP contribution in [0.2, 0.25) is 5.02 Å². The zero-order valence-corrected chi connectivity index (χ0v) is 15.8. The summed E-state index contributed by atoms with van der Waals surface area (Å²) in [6.07, 6.45) is 2.01. The predicted octanol–water partition coefficient (Wildman–Crippen LogP) is 4.23. The third-order valence-electron chi connectivity index (χ3n) is 3.87. The van der Waals surface area contributed by atoms with Crippen LogP contribution in [0.1, 0.15) is 35.7 Å². The number of carbonyl (C=O) groups is 2. The molecule has 0 aliphatic rings. The van der Waals surface area contributed by atoms with Crippen LogP contribution in [-0.2, 0) is 4.79 Å². The highest BCUT2D eigenvalue weighted by molar-refractivity contribution is 6.31. The minimum absolute atomic E-state index is 0.0843. The maximum Gasteiger partial charge on any atom is 0.251 e. The Morgan fingerprint density at radius 2 is 1.73 bits per heavy atom. The van der Waals surface area contributed by atoms with E-state index in [1.165, 1.54) is 0 Å². The number of amides is 2. The van der Waals surface area contributed by atoms with Crippen LogP contribution < -0.4 is 16.0 Å². The van der Waals surface area contributed by atoms with Gasteiger partial charge < -0.3 is 16.0 Å². The first kappa shape index (κ1) is 19.8. The number of nitrogens with one attached hydrogen (secondary N) is 3. The molecule has 2 amide bonds. The monoisotopic (exact) mass is 373 g/mol. The van der Waals surface area contributed by atoms with Crippen LogP contribution in [0.3, 0.4) is 0 Å². The van der Waals surface area contributed by atoms with Crippen LogP contribution in [0.15, 0.2) is 42.5 Å². The Morgan fingerprint density at radius 3 is 2.38 bits per heavy atom. The molecule has 0 radical (unpaired) electrons. The number of rotatable bonds is 8. The molecule has 2 aromatic carbocycles. The molecule has 0 atom stereocenters. The summed E-state index contributed by atoms with van der Waals surface area (Å²) in [4.78, 5) is 24.0. The SMILES string of the molecule is CCCCNC(=O)c1ccc(NCC(=O)Nc2ccc(C)c(Cl)c2)cc1. The topological polar surface area (TPSA) is 70.2 Å². The molecular formula is C20H24ClN3O2. The van der Waals surface area contributed by atoms with Crippen molar-refractivity contribution >= 4 is 34.8 Å². The van der Waals surface area contributed by atoms with E-state index >= 15 is 0 Å². The number of carbonyl (C=O) groups excluding carboxylic acids is 2. The number of unbranched alkanes of at least 4 members (excludes halogenated alkanes) is 1. The van der Waals surface area contributed by atoms with E-state index in [1.54, 1.807) is 30.3 Å². The lowest BCUT2D eigenvalue weighted by Crippen LogP contribution is -2.24. The van der Waals surface area contributed by atoms with Gasteiger partial charge in [-0.25, -0.2) is 0 Å². The average Bonchev–Trinajstić information content (AvgIpc) is 2.63. The van der Waals surface area contributed by atoms with E-state index in [1.807, 2.05) is 19.1 Å². The molecular weight excluding hydrogens is 350 g/mol.